The predicted octanol–water partition coefficient (Wildman–Crippen LogP) is 14.5. The van der Waals surface area contributed by atoms with Crippen LogP contribution >= 0.6 is 0 Å². The molecule has 0 amide bonds. The zero-order chi connectivity index (χ0) is 38.6. The number of nitrogens with zero attached hydrogens (tertiary/aromatic N) is 2. The van der Waals surface area contributed by atoms with Crippen LogP contribution in [0.2, 0.25) is 0 Å². The van der Waals surface area contributed by atoms with E-state index in [1.807, 2.05) is 6.07 Å². The van der Waals surface area contributed by atoms with E-state index in [4.69, 9.17) is 9.97 Å². The minimum atomic E-state index is -0.272. The SMILES string of the molecule is CC1(c2ccccc2)c2ccccc2-c2c(-c3ccc(-c4cc(-c5cc(-c6ccccc6)cc6ccccc56)nc(-c5ccccc5)n4)c4ccccc34)cccc21. The first kappa shape index (κ1) is 33.9. The van der Waals surface area contributed by atoms with Gasteiger partial charge in [-0.05, 0) is 96.7 Å². The maximum atomic E-state index is 5.34. The molecule has 0 radical (unpaired) electrons. The van der Waals surface area contributed by atoms with Gasteiger partial charge in [-0.15, -0.1) is 0 Å². The summed E-state index contributed by atoms with van der Waals surface area (Å²) < 4.78 is 0. The topological polar surface area (TPSA) is 25.8 Å². The molecule has 9 aromatic carbocycles. The Kier molecular flexibility index (Phi) is 7.97. The van der Waals surface area contributed by atoms with Crippen LogP contribution in [0.1, 0.15) is 23.6 Å². The van der Waals surface area contributed by atoms with Crippen LogP contribution in [0.5, 0.6) is 0 Å². The van der Waals surface area contributed by atoms with Gasteiger partial charge >= 0.3 is 0 Å². The third-order valence-corrected chi connectivity index (χ3v) is 12.2. The molecule has 1 atom stereocenters. The molecule has 0 saturated heterocycles. The number of aromatic nitrogens is 2. The lowest BCUT2D eigenvalue weighted by molar-refractivity contribution is 0.714. The average molecular weight is 739 g/mol. The molecule has 0 N–H and O–H groups in total. The lowest BCUT2D eigenvalue weighted by Gasteiger charge is -2.28. The lowest BCUT2D eigenvalue weighted by atomic mass is 9.74. The minimum Gasteiger partial charge on any atom is -0.228 e. The Morgan fingerprint density at radius 3 is 1.66 bits per heavy atom. The zero-order valence-corrected chi connectivity index (χ0v) is 32.1. The number of hydrogen-bond donors (Lipinski definition) is 0. The zero-order valence-electron chi connectivity index (χ0n) is 32.1. The van der Waals surface area contributed by atoms with Crippen LogP contribution in [-0.4, -0.2) is 9.97 Å². The largest absolute Gasteiger partial charge is 0.228 e. The van der Waals surface area contributed by atoms with Gasteiger partial charge in [0, 0.05) is 22.1 Å². The summed E-state index contributed by atoms with van der Waals surface area (Å²) in [7, 11) is 0. The number of hydrogen-bond acceptors (Lipinski definition) is 2. The molecule has 272 valence electrons. The highest BCUT2D eigenvalue weighted by Gasteiger charge is 2.41. The smallest absolute Gasteiger partial charge is 0.160 e. The molecule has 1 heterocycles. The van der Waals surface area contributed by atoms with E-state index in [9.17, 15) is 0 Å². The van der Waals surface area contributed by atoms with Crippen molar-refractivity contribution in [1.82, 2.24) is 9.97 Å². The van der Waals surface area contributed by atoms with Crippen molar-refractivity contribution in [2.24, 2.45) is 0 Å². The van der Waals surface area contributed by atoms with E-state index in [0.29, 0.717) is 5.82 Å². The maximum absolute atomic E-state index is 5.34. The first-order valence-electron chi connectivity index (χ1n) is 20.0. The second kappa shape index (κ2) is 13.7. The highest BCUT2D eigenvalue weighted by Crippen LogP contribution is 2.55. The molecule has 0 aliphatic heterocycles. The van der Waals surface area contributed by atoms with Gasteiger partial charge in [0.2, 0.25) is 0 Å². The van der Waals surface area contributed by atoms with Crippen LogP contribution in [-0.2, 0) is 5.41 Å². The summed E-state index contributed by atoms with van der Waals surface area (Å²) in [5.74, 6) is 0.702. The van der Waals surface area contributed by atoms with Crippen LogP contribution in [0.3, 0.4) is 0 Å². The summed E-state index contributed by atoms with van der Waals surface area (Å²) in [6.45, 7) is 2.38. The summed E-state index contributed by atoms with van der Waals surface area (Å²) in [6.07, 6.45) is 0. The van der Waals surface area contributed by atoms with Crippen molar-refractivity contribution in [3.05, 3.63) is 229 Å². The molecule has 0 saturated carbocycles. The van der Waals surface area contributed by atoms with Crippen LogP contribution in [0.15, 0.2) is 212 Å². The molecule has 2 heteroatoms. The molecule has 1 unspecified atom stereocenters. The van der Waals surface area contributed by atoms with Crippen molar-refractivity contribution in [1.29, 1.82) is 0 Å². The molecule has 10 aromatic rings. The van der Waals surface area contributed by atoms with Gasteiger partial charge in [0.1, 0.15) is 0 Å². The lowest BCUT2D eigenvalue weighted by Crippen LogP contribution is -2.22. The summed E-state index contributed by atoms with van der Waals surface area (Å²) in [5, 5.41) is 4.68. The van der Waals surface area contributed by atoms with Crippen LogP contribution in [0.4, 0.5) is 0 Å². The molecule has 1 aliphatic rings. The summed E-state index contributed by atoms with van der Waals surface area (Å²) >= 11 is 0. The third kappa shape index (κ3) is 5.41. The van der Waals surface area contributed by atoms with Gasteiger partial charge < -0.3 is 0 Å². The molecule has 0 spiro atoms. The summed E-state index contributed by atoms with van der Waals surface area (Å²) in [5.41, 5.74) is 16.0. The summed E-state index contributed by atoms with van der Waals surface area (Å²) in [4.78, 5) is 10.7. The Morgan fingerprint density at radius 1 is 0.345 bits per heavy atom. The highest BCUT2D eigenvalue weighted by molar-refractivity contribution is 6.08. The molecule has 58 heavy (non-hydrogen) atoms. The second-order valence-electron chi connectivity index (χ2n) is 15.4. The molecule has 2 nitrogen and oxygen atoms in total. The Morgan fingerprint density at radius 2 is 0.897 bits per heavy atom. The van der Waals surface area contributed by atoms with Crippen LogP contribution < -0.4 is 0 Å². The quantitative estimate of drug-likeness (QED) is 0.170. The molecule has 11 rings (SSSR count). The number of fused-ring (bicyclic) bond motifs is 5. The Balaban J connectivity index is 1.13. The van der Waals surface area contributed by atoms with Crippen molar-refractivity contribution in [2.45, 2.75) is 12.3 Å². The molecule has 1 aromatic heterocycles. The van der Waals surface area contributed by atoms with Crippen molar-refractivity contribution >= 4 is 21.5 Å². The molecule has 0 fully saturated rings. The van der Waals surface area contributed by atoms with E-state index in [1.54, 1.807) is 0 Å². The second-order valence-corrected chi connectivity index (χ2v) is 15.4. The minimum absolute atomic E-state index is 0.272. The van der Waals surface area contributed by atoms with Gasteiger partial charge in [-0.25, -0.2) is 9.97 Å². The predicted molar refractivity (Wildman–Crippen MR) is 242 cm³/mol. The Bertz CT molecular complexity index is 3170. The average Bonchev–Trinajstić information content (AvgIpc) is 3.57. The molecular weight excluding hydrogens is 701 g/mol. The monoisotopic (exact) mass is 738 g/mol. The van der Waals surface area contributed by atoms with Crippen molar-refractivity contribution in [3.8, 4) is 67.3 Å². The fraction of sp³-hybridized carbons (Fsp3) is 0.0357. The van der Waals surface area contributed by atoms with Crippen molar-refractivity contribution in [2.75, 3.05) is 0 Å². The first-order chi connectivity index (χ1) is 28.6. The molecule has 1 aliphatic carbocycles. The van der Waals surface area contributed by atoms with Gasteiger partial charge in [-0.3, -0.25) is 0 Å². The van der Waals surface area contributed by atoms with Gasteiger partial charge in [0.05, 0.1) is 11.4 Å². The van der Waals surface area contributed by atoms with Crippen molar-refractivity contribution in [3.63, 3.8) is 0 Å². The molecule has 0 bridgehead atoms. The van der Waals surface area contributed by atoms with E-state index in [1.165, 1.54) is 55.3 Å². The first-order valence-corrected chi connectivity index (χ1v) is 20.0. The Labute approximate surface area is 338 Å². The van der Waals surface area contributed by atoms with E-state index < -0.39 is 0 Å². The van der Waals surface area contributed by atoms with Gasteiger partial charge in [-0.1, -0.05) is 194 Å². The standard InChI is InChI=1S/C56H38N2/c1-56(41-23-9-4-10-24-41)50-30-16-15-28-48(50)54-47(29-17-31-51(54)56)45-32-33-46(44-27-14-13-26-43(44)45)52-36-53(58-55(57-52)38-20-7-3-8-21-38)49-35-40(37-18-5-2-6-19-37)34-39-22-11-12-25-42(39)49/h2-36H,1H3. The highest BCUT2D eigenvalue weighted by atomic mass is 14.9. The molecular formula is C56H38N2. The van der Waals surface area contributed by atoms with E-state index in [2.05, 4.69) is 213 Å². The van der Waals surface area contributed by atoms with Gasteiger partial charge in [0.25, 0.3) is 0 Å². The van der Waals surface area contributed by atoms with Gasteiger partial charge in [-0.2, -0.15) is 0 Å². The third-order valence-electron chi connectivity index (χ3n) is 12.2. The fourth-order valence-electron chi connectivity index (χ4n) is 9.36. The maximum Gasteiger partial charge on any atom is 0.160 e. The normalized spacial score (nSPS) is 14.4. The number of rotatable bonds is 6. The fourth-order valence-corrected chi connectivity index (χ4v) is 9.36. The number of benzene rings is 9. The van der Waals surface area contributed by atoms with Gasteiger partial charge in [0.15, 0.2) is 5.82 Å². The summed E-state index contributed by atoms with van der Waals surface area (Å²) in [6, 6.07) is 76.5. The van der Waals surface area contributed by atoms with E-state index >= 15 is 0 Å². The van der Waals surface area contributed by atoms with Crippen molar-refractivity contribution < 1.29 is 0 Å². The van der Waals surface area contributed by atoms with E-state index in [-0.39, 0.29) is 5.41 Å². The van der Waals surface area contributed by atoms with Crippen LogP contribution in [0, 0.1) is 0 Å². The Hall–Kier alpha value is -7.42. The van der Waals surface area contributed by atoms with Crippen LogP contribution in [0.25, 0.3) is 88.8 Å². The van der Waals surface area contributed by atoms with E-state index in [0.717, 1.165) is 44.4 Å².